The number of aliphatic hydroxyl groups is 1. The number of amides is 4. The van der Waals surface area contributed by atoms with Gasteiger partial charge in [0, 0.05) is 32.6 Å². The average molecular weight is 732 g/mol. The third kappa shape index (κ3) is 14.1. The summed E-state index contributed by atoms with van der Waals surface area (Å²) in [6.07, 6.45) is -1.19. The number of carbonyl (C=O) groups is 4. The number of rotatable bonds is 19. The zero-order valence-corrected chi connectivity index (χ0v) is 31.5. The standard InChI is InChI=1S/C41H57N5O7/c1-28(2)23-34(37(47)26-38(48)42-17-18-46-19-21-52-22-20-46)43-39(49)35(24-29(3)4)44-40(50)36(45-41(51)53-27-30-11-6-5-7-12-30)25-32-15-10-14-31-13-8-9-16-33(31)32/h5-16,28-29,34-37,47H,17-27H2,1-4H3,(H,42,48)(H,43,49)(H,44,50)(H,45,51)/t34-,35-,36-,37-/m0/s1. The fourth-order valence-electron chi connectivity index (χ4n) is 6.47. The Kier molecular flexibility index (Phi) is 16.5. The summed E-state index contributed by atoms with van der Waals surface area (Å²) >= 11 is 0. The van der Waals surface area contributed by atoms with Crippen LogP contribution in [-0.2, 0) is 36.9 Å². The molecule has 4 atom stereocenters. The van der Waals surface area contributed by atoms with Crippen molar-refractivity contribution in [3.05, 3.63) is 83.9 Å². The van der Waals surface area contributed by atoms with Crippen LogP contribution in [0.5, 0.6) is 0 Å². The van der Waals surface area contributed by atoms with Crippen molar-refractivity contribution < 1.29 is 33.8 Å². The molecule has 5 N–H and O–H groups in total. The molecule has 3 aromatic carbocycles. The molecule has 1 saturated heterocycles. The first-order valence-corrected chi connectivity index (χ1v) is 18.8. The SMILES string of the molecule is CC(C)C[C@H](NC(=O)[C@H](Cc1cccc2ccccc12)NC(=O)OCc1ccccc1)C(=O)N[C@@H](CC(C)C)[C@@H](O)CC(=O)NCCN1CCOCC1. The minimum atomic E-state index is -1.14. The lowest BCUT2D eigenvalue weighted by Gasteiger charge is -2.29. The highest BCUT2D eigenvalue weighted by Crippen LogP contribution is 2.20. The fraction of sp³-hybridized carbons (Fsp3) is 0.512. The van der Waals surface area contributed by atoms with E-state index in [1.165, 1.54) is 0 Å². The predicted octanol–water partition coefficient (Wildman–Crippen LogP) is 3.94. The van der Waals surface area contributed by atoms with E-state index in [1.54, 1.807) is 0 Å². The lowest BCUT2D eigenvalue weighted by Crippen LogP contribution is -2.57. The number of hydrogen-bond donors (Lipinski definition) is 5. The average Bonchev–Trinajstić information content (AvgIpc) is 3.13. The zero-order chi connectivity index (χ0) is 38.2. The van der Waals surface area contributed by atoms with Crippen molar-refractivity contribution in [2.24, 2.45) is 11.8 Å². The molecule has 0 radical (unpaired) electrons. The minimum absolute atomic E-state index is 0.0251. The van der Waals surface area contributed by atoms with Crippen LogP contribution in [0, 0.1) is 11.8 Å². The van der Waals surface area contributed by atoms with Crippen LogP contribution in [0.4, 0.5) is 4.79 Å². The van der Waals surface area contributed by atoms with Crippen LogP contribution in [0.1, 0.15) is 58.1 Å². The summed E-state index contributed by atoms with van der Waals surface area (Å²) < 4.78 is 10.9. The van der Waals surface area contributed by atoms with E-state index < -0.39 is 42.1 Å². The molecule has 0 saturated carbocycles. The van der Waals surface area contributed by atoms with Crippen molar-refractivity contribution in [3.63, 3.8) is 0 Å². The van der Waals surface area contributed by atoms with Crippen molar-refractivity contribution in [2.75, 3.05) is 39.4 Å². The van der Waals surface area contributed by atoms with E-state index in [4.69, 9.17) is 9.47 Å². The van der Waals surface area contributed by atoms with Gasteiger partial charge in [-0.1, -0.05) is 100 Å². The van der Waals surface area contributed by atoms with Gasteiger partial charge in [0.15, 0.2) is 0 Å². The Labute approximate surface area is 313 Å². The van der Waals surface area contributed by atoms with Crippen molar-refractivity contribution in [2.45, 2.75) is 84.2 Å². The van der Waals surface area contributed by atoms with Crippen molar-refractivity contribution in [3.8, 4) is 0 Å². The highest BCUT2D eigenvalue weighted by atomic mass is 16.5. The number of carbonyl (C=O) groups excluding carboxylic acids is 4. The van der Waals surface area contributed by atoms with Crippen molar-refractivity contribution in [1.82, 2.24) is 26.2 Å². The monoisotopic (exact) mass is 731 g/mol. The predicted molar refractivity (Wildman–Crippen MR) is 205 cm³/mol. The second-order valence-electron chi connectivity index (χ2n) is 14.6. The lowest BCUT2D eigenvalue weighted by atomic mass is 9.95. The van der Waals surface area contributed by atoms with Gasteiger partial charge < -0.3 is 35.8 Å². The Bertz CT molecular complexity index is 1610. The summed E-state index contributed by atoms with van der Waals surface area (Å²) in [5.41, 5.74) is 1.65. The molecule has 12 heteroatoms. The summed E-state index contributed by atoms with van der Waals surface area (Å²) in [5, 5.41) is 24.6. The summed E-state index contributed by atoms with van der Waals surface area (Å²) in [7, 11) is 0. The maximum absolute atomic E-state index is 14.1. The summed E-state index contributed by atoms with van der Waals surface area (Å²) in [6.45, 7) is 12.0. The van der Waals surface area contributed by atoms with Crippen LogP contribution in [0.15, 0.2) is 72.8 Å². The van der Waals surface area contributed by atoms with E-state index in [0.29, 0.717) is 39.1 Å². The molecule has 0 aromatic heterocycles. The smallest absolute Gasteiger partial charge is 0.408 e. The molecule has 288 valence electrons. The van der Waals surface area contributed by atoms with Gasteiger partial charge in [-0.15, -0.1) is 0 Å². The highest BCUT2D eigenvalue weighted by molar-refractivity contribution is 5.92. The Balaban J connectivity index is 1.45. The number of morpholine rings is 1. The topological polar surface area (TPSA) is 158 Å². The summed E-state index contributed by atoms with van der Waals surface area (Å²) in [5.74, 6) is -1.19. The zero-order valence-electron chi connectivity index (χ0n) is 31.5. The third-order valence-corrected chi connectivity index (χ3v) is 9.23. The van der Waals surface area contributed by atoms with Crippen LogP contribution in [0.2, 0.25) is 0 Å². The van der Waals surface area contributed by atoms with E-state index in [1.807, 2.05) is 100 Å². The Morgan fingerprint density at radius 1 is 0.792 bits per heavy atom. The molecular formula is C41H57N5O7. The van der Waals surface area contributed by atoms with E-state index in [2.05, 4.69) is 26.2 Å². The quantitative estimate of drug-likeness (QED) is 0.124. The molecule has 4 amide bonds. The van der Waals surface area contributed by atoms with Gasteiger partial charge in [0.1, 0.15) is 18.7 Å². The van der Waals surface area contributed by atoms with Crippen LogP contribution >= 0.6 is 0 Å². The molecule has 0 unspecified atom stereocenters. The maximum atomic E-state index is 14.1. The molecular weight excluding hydrogens is 674 g/mol. The van der Waals surface area contributed by atoms with Gasteiger partial charge in [-0.05, 0) is 46.6 Å². The number of aliphatic hydroxyl groups excluding tert-OH is 1. The number of nitrogens with one attached hydrogen (secondary N) is 4. The number of alkyl carbamates (subject to hydrolysis) is 1. The van der Waals surface area contributed by atoms with Crippen LogP contribution < -0.4 is 21.3 Å². The van der Waals surface area contributed by atoms with Gasteiger partial charge in [0.25, 0.3) is 0 Å². The largest absolute Gasteiger partial charge is 0.445 e. The molecule has 12 nitrogen and oxygen atoms in total. The molecule has 4 rings (SSSR count). The number of benzene rings is 3. The third-order valence-electron chi connectivity index (χ3n) is 9.23. The van der Waals surface area contributed by atoms with E-state index >= 15 is 0 Å². The molecule has 53 heavy (non-hydrogen) atoms. The number of fused-ring (bicyclic) bond motifs is 1. The molecule has 1 fully saturated rings. The molecule has 0 bridgehead atoms. The first kappa shape index (κ1) is 41.2. The molecule has 0 spiro atoms. The van der Waals surface area contributed by atoms with Crippen LogP contribution in [0.3, 0.4) is 0 Å². The first-order valence-electron chi connectivity index (χ1n) is 18.8. The number of hydrogen-bond acceptors (Lipinski definition) is 8. The minimum Gasteiger partial charge on any atom is -0.445 e. The fourth-order valence-corrected chi connectivity index (χ4v) is 6.47. The van der Waals surface area contributed by atoms with Gasteiger partial charge in [0.05, 0.1) is 31.8 Å². The molecule has 1 aliphatic heterocycles. The Morgan fingerprint density at radius 3 is 2.17 bits per heavy atom. The molecule has 1 heterocycles. The number of nitrogens with zero attached hydrogens (tertiary/aromatic N) is 1. The van der Waals surface area contributed by atoms with Gasteiger partial charge in [-0.25, -0.2) is 4.79 Å². The van der Waals surface area contributed by atoms with Crippen LogP contribution in [-0.4, -0.2) is 97.4 Å². The van der Waals surface area contributed by atoms with E-state index in [-0.39, 0.29) is 37.2 Å². The second-order valence-corrected chi connectivity index (χ2v) is 14.6. The highest BCUT2D eigenvalue weighted by Gasteiger charge is 2.32. The second kappa shape index (κ2) is 21.2. The molecule has 1 aliphatic rings. The van der Waals surface area contributed by atoms with Crippen molar-refractivity contribution >= 4 is 34.6 Å². The molecule has 3 aromatic rings. The van der Waals surface area contributed by atoms with Crippen molar-refractivity contribution in [1.29, 1.82) is 0 Å². The van der Waals surface area contributed by atoms with E-state index in [9.17, 15) is 24.3 Å². The van der Waals surface area contributed by atoms with Gasteiger partial charge >= 0.3 is 6.09 Å². The summed E-state index contributed by atoms with van der Waals surface area (Å²) in [4.78, 5) is 56.1. The van der Waals surface area contributed by atoms with Gasteiger partial charge in [0.2, 0.25) is 17.7 Å². The molecule has 0 aliphatic carbocycles. The van der Waals surface area contributed by atoms with Crippen LogP contribution in [0.25, 0.3) is 10.8 Å². The first-order chi connectivity index (χ1) is 25.5. The Hall–Kier alpha value is -4.52. The summed E-state index contributed by atoms with van der Waals surface area (Å²) in [6, 6.07) is 20.1. The Morgan fingerprint density at radius 2 is 1.45 bits per heavy atom. The lowest BCUT2D eigenvalue weighted by molar-refractivity contribution is -0.131. The number of ether oxygens (including phenoxy) is 2. The van der Waals surface area contributed by atoms with Gasteiger partial charge in [-0.3, -0.25) is 19.3 Å². The maximum Gasteiger partial charge on any atom is 0.408 e. The van der Waals surface area contributed by atoms with E-state index in [0.717, 1.165) is 35.0 Å². The van der Waals surface area contributed by atoms with Gasteiger partial charge in [-0.2, -0.15) is 0 Å². The normalized spacial score (nSPS) is 15.7.